The van der Waals surface area contributed by atoms with E-state index >= 15 is 0 Å². The molecule has 0 aliphatic heterocycles. The van der Waals surface area contributed by atoms with E-state index in [1.807, 2.05) is 0 Å². The summed E-state index contributed by atoms with van der Waals surface area (Å²) < 4.78 is 0. The third-order valence-corrected chi connectivity index (χ3v) is 3.32. The molecule has 0 fully saturated rings. The Labute approximate surface area is 75.5 Å². The van der Waals surface area contributed by atoms with Gasteiger partial charge in [-0.15, -0.1) is 12.6 Å². The van der Waals surface area contributed by atoms with Crippen molar-refractivity contribution in [3.05, 3.63) is 10.5 Å². The summed E-state index contributed by atoms with van der Waals surface area (Å²) in [6.45, 7) is 6.85. The second-order valence-electron chi connectivity index (χ2n) is 3.87. The zero-order valence-electron chi connectivity index (χ0n) is 7.72. The average molecular weight is 170 g/mol. The van der Waals surface area contributed by atoms with E-state index in [4.69, 9.17) is 0 Å². The van der Waals surface area contributed by atoms with Gasteiger partial charge in [0, 0.05) is 0 Å². The standard InChI is InChI=1S/C10H18S/c1-7(2)9-5-4-6-10(11)8(9)3/h7,9,11H,4-6H2,1-3H3. The van der Waals surface area contributed by atoms with E-state index in [0.717, 1.165) is 11.8 Å². The number of hydrogen-bond donors (Lipinski definition) is 1. The van der Waals surface area contributed by atoms with Crippen LogP contribution in [0.3, 0.4) is 0 Å². The Morgan fingerprint density at radius 1 is 1.45 bits per heavy atom. The van der Waals surface area contributed by atoms with Gasteiger partial charge in [-0.3, -0.25) is 0 Å². The summed E-state index contributed by atoms with van der Waals surface area (Å²) in [6, 6.07) is 0. The third-order valence-electron chi connectivity index (χ3n) is 2.74. The summed E-state index contributed by atoms with van der Waals surface area (Å²) in [7, 11) is 0. The maximum absolute atomic E-state index is 4.49. The third kappa shape index (κ3) is 2.02. The molecule has 0 saturated heterocycles. The van der Waals surface area contributed by atoms with Crippen LogP contribution in [0.1, 0.15) is 40.0 Å². The molecular formula is C10H18S. The molecule has 1 rings (SSSR count). The van der Waals surface area contributed by atoms with E-state index in [-0.39, 0.29) is 0 Å². The van der Waals surface area contributed by atoms with E-state index in [1.165, 1.54) is 29.7 Å². The summed E-state index contributed by atoms with van der Waals surface area (Å²) in [6.07, 6.45) is 3.91. The van der Waals surface area contributed by atoms with Gasteiger partial charge in [0.05, 0.1) is 0 Å². The lowest BCUT2D eigenvalue weighted by molar-refractivity contribution is 0.388. The summed E-state index contributed by atoms with van der Waals surface area (Å²) in [4.78, 5) is 1.34. The fourth-order valence-corrected chi connectivity index (χ4v) is 2.27. The molecule has 11 heavy (non-hydrogen) atoms. The van der Waals surface area contributed by atoms with Crippen LogP contribution in [-0.2, 0) is 0 Å². The lowest BCUT2D eigenvalue weighted by Gasteiger charge is -2.27. The van der Waals surface area contributed by atoms with Crippen molar-refractivity contribution in [1.29, 1.82) is 0 Å². The molecule has 0 bridgehead atoms. The van der Waals surface area contributed by atoms with Crippen LogP contribution in [0.25, 0.3) is 0 Å². The molecule has 0 N–H and O–H groups in total. The zero-order chi connectivity index (χ0) is 8.43. The first-order valence-electron chi connectivity index (χ1n) is 4.51. The number of rotatable bonds is 1. The highest BCUT2D eigenvalue weighted by molar-refractivity contribution is 7.84. The maximum Gasteiger partial charge on any atom is -0.0172 e. The van der Waals surface area contributed by atoms with Crippen molar-refractivity contribution in [2.24, 2.45) is 11.8 Å². The van der Waals surface area contributed by atoms with Gasteiger partial charge in [0.2, 0.25) is 0 Å². The van der Waals surface area contributed by atoms with Gasteiger partial charge in [0.1, 0.15) is 0 Å². The first-order valence-corrected chi connectivity index (χ1v) is 4.96. The molecule has 0 aromatic carbocycles. The molecule has 1 atom stereocenters. The Morgan fingerprint density at radius 3 is 2.55 bits per heavy atom. The van der Waals surface area contributed by atoms with Crippen molar-refractivity contribution in [1.82, 2.24) is 0 Å². The highest BCUT2D eigenvalue weighted by atomic mass is 32.1. The summed E-state index contributed by atoms with van der Waals surface area (Å²) in [5, 5.41) is 0. The average Bonchev–Trinajstić information content (AvgIpc) is 1.94. The van der Waals surface area contributed by atoms with Crippen LogP contribution in [0.4, 0.5) is 0 Å². The fourth-order valence-electron chi connectivity index (χ4n) is 1.95. The maximum atomic E-state index is 4.49. The minimum atomic E-state index is 0.789. The van der Waals surface area contributed by atoms with Crippen molar-refractivity contribution in [2.45, 2.75) is 40.0 Å². The Morgan fingerprint density at radius 2 is 2.09 bits per heavy atom. The molecule has 1 aliphatic carbocycles. The molecule has 1 unspecified atom stereocenters. The minimum absolute atomic E-state index is 0.789. The van der Waals surface area contributed by atoms with E-state index in [0.29, 0.717) is 0 Å². The molecule has 0 aromatic heterocycles. The minimum Gasteiger partial charge on any atom is -0.148 e. The molecule has 0 radical (unpaired) electrons. The van der Waals surface area contributed by atoms with Gasteiger partial charge in [-0.25, -0.2) is 0 Å². The topological polar surface area (TPSA) is 0 Å². The Bertz CT molecular complexity index is 168. The quantitative estimate of drug-likeness (QED) is 0.571. The van der Waals surface area contributed by atoms with Crippen LogP contribution >= 0.6 is 12.6 Å². The van der Waals surface area contributed by atoms with E-state index in [2.05, 4.69) is 33.4 Å². The van der Waals surface area contributed by atoms with Crippen LogP contribution in [-0.4, -0.2) is 0 Å². The van der Waals surface area contributed by atoms with Gasteiger partial charge in [-0.1, -0.05) is 19.4 Å². The van der Waals surface area contributed by atoms with Crippen LogP contribution in [0.2, 0.25) is 0 Å². The van der Waals surface area contributed by atoms with Gasteiger partial charge >= 0.3 is 0 Å². The van der Waals surface area contributed by atoms with Gasteiger partial charge < -0.3 is 0 Å². The predicted molar refractivity (Wildman–Crippen MR) is 53.9 cm³/mol. The molecule has 0 nitrogen and oxygen atoms in total. The molecule has 0 amide bonds. The molecule has 1 heteroatoms. The number of hydrogen-bond acceptors (Lipinski definition) is 1. The number of thiol groups is 1. The second-order valence-corrected chi connectivity index (χ2v) is 4.41. The normalized spacial score (nSPS) is 26.5. The van der Waals surface area contributed by atoms with Gasteiger partial charge in [0.15, 0.2) is 0 Å². The molecule has 0 saturated carbocycles. The smallest absolute Gasteiger partial charge is 0.0172 e. The monoisotopic (exact) mass is 170 g/mol. The lowest BCUT2D eigenvalue weighted by Crippen LogP contribution is -2.14. The Hall–Kier alpha value is 0.0900. The second kappa shape index (κ2) is 3.66. The molecule has 0 spiro atoms. The van der Waals surface area contributed by atoms with Crippen molar-refractivity contribution < 1.29 is 0 Å². The van der Waals surface area contributed by atoms with Crippen LogP contribution in [0.15, 0.2) is 10.5 Å². The highest BCUT2D eigenvalue weighted by Gasteiger charge is 2.20. The first kappa shape index (κ1) is 9.18. The molecule has 64 valence electrons. The highest BCUT2D eigenvalue weighted by Crippen LogP contribution is 2.35. The SMILES string of the molecule is CC1=C(S)CCCC1C(C)C. The summed E-state index contributed by atoms with van der Waals surface area (Å²) in [5.41, 5.74) is 1.54. The molecule has 0 heterocycles. The molecular weight excluding hydrogens is 152 g/mol. The van der Waals surface area contributed by atoms with E-state index < -0.39 is 0 Å². The van der Waals surface area contributed by atoms with Gasteiger partial charge in [0.25, 0.3) is 0 Å². The largest absolute Gasteiger partial charge is 0.148 e. The van der Waals surface area contributed by atoms with Crippen LogP contribution in [0.5, 0.6) is 0 Å². The van der Waals surface area contributed by atoms with Gasteiger partial charge in [-0.05, 0) is 42.9 Å². The van der Waals surface area contributed by atoms with Crippen LogP contribution in [0, 0.1) is 11.8 Å². The summed E-state index contributed by atoms with van der Waals surface area (Å²) in [5.74, 6) is 1.59. The van der Waals surface area contributed by atoms with Crippen molar-refractivity contribution in [3.8, 4) is 0 Å². The van der Waals surface area contributed by atoms with Crippen molar-refractivity contribution in [2.75, 3.05) is 0 Å². The molecule has 1 aliphatic rings. The predicted octanol–water partition coefficient (Wildman–Crippen LogP) is 3.65. The van der Waals surface area contributed by atoms with Crippen molar-refractivity contribution in [3.63, 3.8) is 0 Å². The Balaban J connectivity index is 2.74. The van der Waals surface area contributed by atoms with E-state index in [1.54, 1.807) is 0 Å². The lowest BCUT2D eigenvalue weighted by atomic mass is 9.81. The van der Waals surface area contributed by atoms with Crippen molar-refractivity contribution >= 4 is 12.6 Å². The zero-order valence-corrected chi connectivity index (χ0v) is 8.62. The van der Waals surface area contributed by atoms with E-state index in [9.17, 15) is 0 Å². The Kier molecular flexibility index (Phi) is 3.06. The fraction of sp³-hybridized carbons (Fsp3) is 0.800. The number of allylic oxidation sites excluding steroid dienone is 2. The first-order chi connectivity index (χ1) is 5.13. The summed E-state index contributed by atoms with van der Waals surface area (Å²) >= 11 is 4.49. The molecule has 0 aromatic rings. The van der Waals surface area contributed by atoms with Crippen LogP contribution < -0.4 is 0 Å². The van der Waals surface area contributed by atoms with Gasteiger partial charge in [-0.2, -0.15) is 0 Å².